The van der Waals surface area contributed by atoms with Crippen LogP contribution in [0, 0.1) is 23.4 Å². The summed E-state index contributed by atoms with van der Waals surface area (Å²) in [6, 6.07) is 6.02. The van der Waals surface area contributed by atoms with Crippen LogP contribution < -0.4 is 5.73 Å². The van der Waals surface area contributed by atoms with Crippen LogP contribution >= 0.6 is 0 Å². The lowest BCUT2D eigenvalue weighted by molar-refractivity contribution is 0.0987. The molecule has 1 aromatic carbocycles. The quantitative estimate of drug-likeness (QED) is 0.466. The van der Waals surface area contributed by atoms with Crippen LogP contribution in [0.5, 0.6) is 0 Å². The molecule has 0 aliphatic heterocycles. The van der Waals surface area contributed by atoms with Crippen molar-refractivity contribution in [3.05, 3.63) is 82.6 Å². The minimum Gasteiger partial charge on any atom is -0.389 e. The zero-order chi connectivity index (χ0) is 25.3. The van der Waals surface area contributed by atoms with Crippen molar-refractivity contribution in [3.63, 3.8) is 0 Å². The molecule has 2 aromatic heterocycles. The van der Waals surface area contributed by atoms with Crippen molar-refractivity contribution in [3.8, 4) is 11.3 Å². The molecule has 0 unspecified atom stereocenters. The van der Waals surface area contributed by atoms with E-state index in [0.29, 0.717) is 5.92 Å². The van der Waals surface area contributed by atoms with Crippen molar-refractivity contribution in [1.82, 2.24) is 9.97 Å². The van der Waals surface area contributed by atoms with Gasteiger partial charge in [0.2, 0.25) is 0 Å². The van der Waals surface area contributed by atoms with Gasteiger partial charge < -0.3 is 10.8 Å². The predicted octanol–water partition coefficient (Wildman–Crippen LogP) is 5.27. The highest BCUT2D eigenvalue weighted by molar-refractivity contribution is 5.96. The first-order valence-corrected chi connectivity index (χ1v) is 11.7. The van der Waals surface area contributed by atoms with Gasteiger partial charge in [0, 0.05) is 24.9 Å². The van der Waals surface area contributed by atoms with E-state index in [1.807, 2.05) is 6.07 Å². The number of carbonyl (C=O) groups excluding carboxylic acids is 1. The number of halogens is 3. The Morgan fingerprint density at radius 2 is 1.83 bits per heavy atom. The molecule has 8 heteroatoms. The molecule has 3 aromatic rings. The van der Waals surface area contributed by atoms with E-state index in [1.54, 1.807) is 12.4 Å². The molecular weight excluding hydrogens is 455 g/mol. The van der Waals surface area contributed by atoms with Crippen LogP contribution in [-0.4, -0.2) is 26.9 Å². The van der Waals surface area contributed by atoms with Gasteiger partial charge >= 0.3 is 0 Å². The SMILES string of the molecule is C[C@@H]1C[C@H](N)C[C@H](c2ccncc2CC(=O)c2ccc(F)c(-c3c(F)cc([C@H](C)O)cc3F)n2)C1. The van der Waals surface area contributed by atoms with Crippen molar-refractivity contribution in [2.75, 3.05) is 0 Å². The smallest absolute Gasteiger partial charge is 0.185 e. The van der Waals surface area contributed by atoms with Gasteiger partial charge in [-0.15, -0.1) is 0 Å². The van der Waals surface area contributed by atoms with Crippen LogP contribution in [0.3, 0.4) is 0 Å². The molecule has 0 saturated heterocycles. The molecule has 1 fully saturated rings. The van der Waals surface area contributed by atoms with E-state index in [9.17, 15) is 23.1 Å². The third-order valence-corrected chi connectivity index (χ3v) is 6.63. The largest absolute Gasteiger partial charge is 0.389 e. The van der Waals surface area contributed by atoms with Crippen molar-refractivity contribution in [2.45, 2.75) is 57.6 Å². The number of pyridine rings is 2. The molecule has 5 nitrogen and oxygen atoms in total. The fourth-order valence-corrected chi connectivity index (χ4v) is 4.99. The van der Waals surface area contributed by atoms with E-state index >= 15 is 0 Å². The molecule has 0 radical (unpaired) electrons. The van der Waals surface area contributed by atoms with Crippen LogP contribution in [-0.2, 0) is 6.42 Å². The van der Waals surface area contributed by atoms with Crippen LogP contribution in [0.25, 0.3) is 11.3 Å². The molecule has 2 heterocycles. The first-order valence-electron chi connectivity index (χ1n) is 11.7. The Hall–Kier alpha value is -3.10. The number of Topliss-reactive ketones (excluding diaryl/α,β-unsaturated/α-hetero) is 1. The van der Waals surface area contributed by atoms with Gasteiger partial charge in [0.05, 0.1) is 11.7 Å². The van der Waals surface area contributed by atoms with Crippen molar-refractivity contribution in [2.24, 2.45) is 11.7 Å². The van der Waals surface area contributed by atoms with E-state index in [4.69, 9.17) is 5.73 Å². The average Bonchev–Trinajstić information content (AvgIpc) is 2.79. The number of aliphatic hydroxyl groups excluding tert-OH is 1. The minimum atomic E-state index is -1.10. The predicted molar refractivity (Wildman–Crippen MR) is 126 cm³/mol. The summed E-state index contributed by atoms with van der Waals surface area (Å²) in [5, 5.41) is 9.61. The molecule has 1 aliphatic rings. The number of carbonyl (C=O) groups is 1. The van der Waals surface area contributed by atoms with Gasteiger partial charge in [-0.05, 0) is 85.0 Å². The molecule has 4 rings (SSSR count). The maximum atomic E-state index is 14.7. The highest BCUT2D eigenvalue weighted by Gasteiger charge is 2.28. The van der Waals surface area contributed by atoms with Gasteiger partial charge in [-0.25, -0.2) is 18.2 Å². The molecule has 35 heavy (non-hydrogen) atoms. The van der Waals surface area contributed by atoms with Crippen LogP contribution in [0.4, 0.5) is 13.2 Å². The molecule has 0 bridgehead atoms. The summed E-state index contributed by atoms with van der Waals surface area (Å²) in [5.41, 5.74) is 6.58. The normalized spacial score (nSPS) is 21.1. The van der Waals surface area contributed by atoms with Crippen LogP contribution in [0.15, 0.2) is 42.7 Å². The summed E-state index contributed by atoms with van der Waals surface area (Å²) in [5.74, 6) is -2.87. The Morgan fingerprint density at radius 1 is 1.11 bits per heavy atom. The first kappa shape index (κ1) is 25.0. The number of hydrogen-bond donors (Lipinski definition) is 2. The summed E-state index contributed by atoms with van der Waals surface area (Å²) < 4.78 is 43.9. The Kier molecular flexibility index (Phi) is 7.33. The molecule has 184 valence electrons. The average molecular weight is 484 g/mol. The molecule has 3 N–H and O–H groups in total. The van der Waals surface area contributed by atoms with Gasteiger partial charge in [-0.2, -0.15) is 0 Å². The second-order valence-electron chi connectivity index (χ2n) is 9.51. The van der Waals surface area contributed by atoms with Gasteiger partial charge in [0.1, 0.15) is 28.8 Å². The number of benzene rings is 1. The third-order valence-electron chi connectivity index (χ3n) is 6.63. The third kappa shape index (κ3) is 5.44. The number of aromatic nitrogens is 2. The van der Waals surface area contributed by atoms with E-state index < -0.39 is 40.6 Å². The Bertz CT molecular complexity index is 1220. The highest BCUT2D eigenvalue weighted by Crippen LogP contribution is 2.37. The number of nitrogens with two attached hydrogens (primary N) is 1. The lowest BCUT2D eigenvalue weighted by Crippen LogP contribution is -2.31. The molecule has 4 atom stereocenters. The molecular formula is C27H28F3N3O2. The van der Waals surface area contributed by atoms with E-state index in [0.717, 1.165) is 48.6 Å². The molecule has 1 saturated carbocycles. The monoisotopic (exact) mass is 483 g/mol. The molecule has 0 amide bonds. The number of ketones is 1. The summed E-state index contributed by atoms with van der Waals surface area (Å²) in [6.45, 7) is 3.52. The van der Waals surface area contributed by atoms with Crippen LogP contribution in [0.2, 0.25) is 0 Å². The zero-order valence-corrected chi connectivity index (χ0v) is 19.6. The number of rotatable bonds is 6. The maximum absolute atomic E-state index is 14.7. The first-order chi connectivity index (χ1) is 16.6. The number of aliphatic hydroxyl groups is 1. The van der Waals surface area contributed by atoms with Gasteiger partial charge in [0.25, 0.3) is 0 Å². The Balaban J connectivity index is 1.64. The topological polar surface area (TPSA) is 89.1 Å². The second-order valence-corrected chi connectivity index (χ2v) is 9.51. The van der Waals surface area contributed by atoms with Crippen molar-refractivity contribution >= 4 is 5.78 Å². The minimum absolute atomic E-state index is 0.0113. The summed E-state index contributed by atoms with van der Waals surface area (Å²) in [4.78, 5) is 21.3. The fraction of sp³-hybridized carbons (Fsp3) is 0.370. The highest BCUT2D eigenvalue weighted by atomic mass is 19.1. The van der Waals surface area contributed by atoms with Crippen LogP contribution in [0.1, 0.15) is 72.3 Å². The molecule has 1 aliphatic carbocycles. The number of hydrogen-bond acceptors (Lipinski definition) is 5. The summed E-state index contributed by atoms with van der Waals surface area (Å²) >= 11 is 0. The van der Waals surface area contributed by atoms with Gasteiger partial charge in [-0.3, -0.25) is 9.78 Å². The Morgan fingerprint density at radius 3 is 2.49 bits per heavy atom. The maximum Gasteiger partial charge on any atom is 0.185 e. The lowest BCUT2D eigenvalue weighted by Gasteiger charge is -2.32. The van der Waals surface area contributed by atoms with E-state index in [2.05, 4.69) is 16.9 Å². The summed E-state index contributed by atoms with van der Waals surface area (Å²) in [6.07, 6.45) is 4.92. The Labute approximate surface area is 202 Å². The second kappa shape index (κ2) is 10.3. The van der Waals surface area contributed by atoms with E-state index in [1.165, 1.54) is 13.0 Å². The molecule has 0 spiro atoms. The summed E-state index contributed by atoms with van der Waals surface area (Å²) in [7, 11) is 0. The van der Waals surface area contributed by atoms with Gasteiger partial charge in [-0.1, -0.05) is 6.92 Å². The standard InChI is InChI=1S/C27H28F3N3O2/c1-14-7-17(9-19(31)8-14)20-5-6-32-13-18(20)12-25(35)24-4-3-21(28)27(33-24)26-22(29)10-16(15(2)34)11-23(26)30/h3-6,10-11,13-15,17,19,34H,7-9,12,31H2,1-2H3/t14-,15-,17+,19-/m0/s1. The van der Waals surface area contributed by atoms with Crippen molar-refractivity contribution < 1.29 is 23.1 Å². The lowest BCUT2D eigenvalue weighted by atomic mass is 9.75. The van der Waals surface area contributed by atoms with Gasteiger partial charge in [0.15, 0.2) is 5.78 Å². The van der Waals surface area contributed by atoms with Crippen molar-refractivity contribution in [1.29, 1.82) is 0 Å². The zero-order valence-electron chi connectivity index (χ0n) is 19.6. The number of nitrogens with zero attached hydrogens (tertiary/aromatic N) is 2. The fourth-order valence-electron chi connectivity index (χ4n) is 4.99. The van der Waals surface area contributed by atoms with E-state index in [-0.39, 0.29) is 29.6 Å².